The molecule has 2 fully saturated rings. The summed E-state index contributed by atoms with van der Waals surface area (Å²) in [7, 11) is 8.84. The molecule has 0 spiro atoms. The first-order valence-corrected chi connectivity index (χ1v) is 18.2. The molecule has 7 rings (SSSR count). The number of nitrogens with zero attached hydrogens (tertiary/aromatic N) is 1. The number of hydrogen-bond donors (Lipinski definition) is 5. The predicted octanol–water partition coefficient (Wildman–Crippen LogP) is 1.14. The molecule has 56 heavy (non-hydrogen) atoms. The molecular formula is C39H49NO16. The van der Waals surface area contributed by atoms with Crippen LogP contribution in [0.4, 0.5) is 0 Å². The quantitative estimate of drug-likeness (QED) is 0.212. The van der Waals surface area contributed by atoms with Crippen molar-refractivity contribution in [1.82, 2.24) is 4.90 Å². The van der Waals surface area contributed by atoms with Gasteiger partial charge in [-0.2, -0.15) is 0 Å². The molecule has 3 aliphatic heterocycles. The Morgan fingerprint density at radius 2 is 1.61 bits per heavy atom. The maximum atomic E-state index is 14.8. The minimum absolute atomic E-state index is 0.0417. The first-order chi connectivity index (χ1) is 26.2. The van der Waals surface area contributed by atoms with Gasteiger partial charge in [0.15, 0.2) is 12.1 Å². The van der Waals surface area contributed by atoms with Crippen LogP contribution in [0.5, 0.6) is 17.2 Å². The number of phenols is 2. The summed E-state index contributed by atoms with van der Waals surface area (Å²) >= 11 is 0. The van der Waals surface area contributed by atoms with E-state index in [2.05, 4.69) is 0 Å². The zero-order chi connectivity index (χ0) is 41.1. The Balaban J connectivity index is 1.40. The largest absolute Gasteiger partial charge is 0.507 e. The second-order valence-electron chi connectivity index (χ2n) is 16.0. The molecule has 5 N–H and O–H groups in total. The first-order valence-electron chi connectivity index (χ1n) is 18.2. The molecule has 2 saturated heterocycles. The number of rotatable bonds is 7. The second kappa shape index (κ2) is 13.7. The SMILES string of the molecule is COC(=O)[C@@H]1c2cc3c(c(O)c2[C@@H](O[C@@H]2O[C@@H](C)[C@H](OC)[C@@](C)(OC)[C@H]2OC)C[C@]1(C)O)C(=O)c1c(O)cc2c(c1C3=O)O[C@H]1O[C@@]2(C)[C@@H](O)[C@@H](N(C)C)[C@@H]1O. The van der Waals surface area contributed by atoms with Crippen molar-refractivity contribution in [3.8, 4) is 17.2 Å². The van der Waals surface area contributed by atoms with E-state index in [4.69, 9.17) is 37.9 Å². The number of hydrogen-bond acceptors (Lipinski definition) is 17. The zero-order valence-electron chi connectivity index (χ0n) is 32.8. The molecule has 3 heterocycles. The maximum Gasteiger partial charge on any atom is 0.316 e. The van der Waals surface area contributed by atoms with E-state index in [0.29, 0.717) is 0 Å². The monoisotopic (exact) mass is 787 g/mol. The van der Waals surface area contributed by atoms with Crippen molar-refractivity contribution < 1.29 is 77.8 Å². The number of carbonyl (C=O) groups is 3. The average Bonchev–Trinajstić information content (AvgIpc) is 3.12. The Morgan fingerprint density at radius 3 is 2.20 bits per heavy atom. The van der Waals surface area contributed by atoms with Crippen LogP contribution in [-0.2, 0) is 43.6 Å². The summed E-state index contributed by atoms with van der Waals surface area (Å²) in [6.07, 6.45) is -9.16. The number of benzene rings is 2. The molecule has 13 atom stereocenters. The van der Waals surface area contributed by atoms with E-state index in [-0.39, 0.29) is 34.4 Å². The summed E-state index contributed by atoms with van der Waals surface area (Å²) in [6.45, 7) is 6.40. The van der Waals surface area contributed by atoms with Crippen molar-refractivity contribution >= 4 is 17.5 Å². The number of phenolic OH excluding ortho intramolecular Hbond substituents is 2. The number of likely N-dealkylation sites (N-methyl/N-ethyl adjacent to an activating group) is 1. The third kappa shape index (κ3) is 5.47. The number of ketones is 2. The van der Waals surface area contributed by atoms with Gasteiger partial charge in [0.1, 0.15) is 58.8 Å². The number of methoxy groups -OCH3 is 4. The fraction of sp³-hybridized carbons (Fsp3) is 0.615. The third-order valence-electron chi connectivity index (χ3n) is 12.5. The van der Waals surface area contributed by atoms with Gasteiger partial charge in [0.05, 0.1) is 47.7 Å². The summed E-state index contributed by atoms with van der Waals surface area (Å²) in [5, 5.41) is 58.3. The Bertz CT molecular complexity index is 1980. The molecule has 17 heteroatoms. The molecule has 2 bridgehead atoms. The van der Waals surface area contributed by atoms with Crippen LogP contribution in [0.15, 0.2) is 12.1 Å². The fourth-order valence-corrected chi connectivity index (χ4v) is 9.68. The van der Waals surface area contributed by atoms with Crippen molar-refractivity contribution in [3.05, 3.63) is 51.1 Å². The van der Waals surface area contributed by atoms with E-state index in [9.17, 15) is 39.9 Å². The molecule has 2 aliphatic carbocycles. The summed E-state index contributed by atoms with van der Waals surface area (Å²) in [5.74, 6) is -5.85. The van der Waals surface area contributed by atoms with E-state index in [0.717, 1.165) is 13.2 Å². The van der Waals surface area contributed by atoms with E-state index >= 15 is 0 Å². The van der Waals surface area contributed by atoms with E-state index in [1.165, 1.54) is 41.2 Å². The van der Waals surface area contributed by atoms with Gasteiger partial charge >= 0.3 is 5.97 Å². The van der Waals surface area contributed by atoms with Crippen LogP contribution in [0.25, 0.3) is 0 Å². The Labute approximate surface area is 322 Å². The Kier molecular flexibility index (Phi) is 9.88. The molecule has 0 aromatic heterocycles. The van der Waals surface area contributed by atoms with E-state index < -0.39 is 124 Å². The van der Waals surface area contributed by atoms with Gasteiger partial charge in [0.25, 0.3) is 0 Å². The lowest BCUT2D eigenvalue weighted by Gasteiger charge is -2.53. The number of esters is 1. The predicted molar refractivity (Wildman–Crippen MR) is 191 cm³/mol. The number of carbonyl (C=O) groups excluding carboxylic acids is 3. The van der Waals surface area contributed by atoms with E-state index in [1.807, 2.05) is 0 Å². The van der Waals surface area contributed by atoms with Gasteiger partial charge in [0.2, 0.25) is 12.1 Å². The summed E-state index contributed by atoms with van der Waals surface area (Å²) in [6, 6.07) is 1.50. The number of aliphatic hydroxyl groups is 3. The van der Waals surface area contributed by atoms with Crippen LogP contribution in [-0.4, -0.2) is 151 Å². The van der Waals surface area contributed by atoms with Crippen LogP contribution in [0.2, 0.25) is 0 Å². The standard InChI is InChI=1S/C39H49NO16/c1-14-32(49-7)39(4,52-10)33(50-8)36(53-14)54-19-13-37(2,48)24(34(47)51-9)15-11-16-21(27(43)20(15)19)28(44)22-18(41)12-17-30(23(22)26(16)42)55-35-29(45)25(40(5)6)31(46)38(17,3)56-35/h11-12,14,19,24-25,29,31-33,35-36,41,43,45-46,48H,13H2,1-10H3/t14-,19-,24-,25-,29-,31-,32-,33-,35-,36-,37-,38+,39+/m0/s1. The van der Waals surface area contributed by atoms with Crippen LogP contribution in [0, 0.1) is 0 Å². The van der Waals surface area contributed by atoms with Gasteiger partial charge in [-0.15, -0.1) is 0 Å². The van der Waals surface area contributed by atoms with Gasteiger partial charge in [-0.1, -0.05) is 0 Å². The molecule has 0 radical (unpaired) electrons. The normalized spacial score (nSPS) is 38.6. The average molecular weight is 788 g/mol. The molecule has 2 aromatic rings. The third-order valence-corrected chi connectivity index (χ3v) is 12.5. The zero-order valence-corrected chi connectivity index (χ0v) is 32.8. The number of aromatic hydroxyl groups is 2. The van der Waals surface area contributed by atoms with Crippen LogP contribution in [0.3, 0.4) is 0 Å². The molecule has 0 saturated carbocycles. The van der Waals surface area contributed by atoms with Crippen molar-refractivity contribution in [2.24, 2.45) is 0 Å². The lowest BCUT2D eigenvalue weighted by molar-refractivity contribution is -0.345. The number of fused-ring (bicyclic) bond motifs is 8. The van der Waals surface area contributed by atoms with Gasteiger partial charge in [-0.3, -0.25) is 14.4 Å². The molecule has 17 nitrogen and oxygen atoms in total. The number of ether oxygens (including phenoxy) is 8. The minimum atomic E-state index is -1.91. The Hall–Kier alpha value is -3.75. The topological polar surface area (TPSA) is 229 Å². The number of aliphatic hydroxyl groups excluding tert-OH is 2. The molecular weight excluding hydrogens is 738 g/mol. The van der Waals surface area contributed by atoms with Gasteiger partial charge in [-0.25, -0.2) is 0 Å². The van der Waals surface area contributed by atoms with Crippen LogP contribution in [0.1, 0.15) is 94.7 Å². The van der Waals surface area contributed by atoms with Crippen molar-refractivity contribution in [2.75, 3.05) is 42.5 Å². The van der Waals surface area contributed by atoms with Crippen LogP contribution >= 0.6 is 0 Å². The van der Waals surface area contributed by atoms with Gasteiger partial charge in [-0.05, 0) is 59.5 Å². The van der Waals surface area contributed by atoms with Crippen molar-refractivity contribution in [1.29, 1.82) is 0 Å². The van der Waals surface area contributed by atoms with Crippen molar-refractivity contribution in [2.45, 2.75) is 112 Å². The minimum Gasteiger partial charge on any atom is -0.507 e. The van der Waals surface area contributed by atoms with E-state index in [1.54, 1.807) is 32.8 Å². The molecule has 306 valence electrons. The second-order valence-corrected chi connectivity index (χ2v) is 16.0. The molecule has 2 aromatic carbocycles. The highest BCUT2D eigenvalue weighted by molar-refractivity contribution is 6.31. The van der Waals surface area contributed by atoms with Gasteiger partial charge in [0, 0.05) is 44.4 Å². The lowest BCUT2D eigenvalue weighted by atomic mass is 9.68. The highest BCUT2D eigenvalue weighted by Crippen LogP contribution is 2.56. The molecule has 0 unspecified atom stereocenters. The van der Waals surface area contributed by atoms with Crippen LogP contribution < -0.4 is 4.74 Å². The summed E-state index contributed by atoms with van der Waals surface area (Å²) < 4.78 is 47.4. The Morgan fingerprint density at radius 1 is 0.946 bits per heavy atom. The highest BCUT2D eigenvalue weighted by Gasteiger charge is 2.60. The summed E-state index contributed by atoms with van der Waals surface area (Å²) in [5.41, 5.74) is -6.55. The highest BCUT2D eigenvalue weighted by atomic mass is 16.7. The molecule has 0 amide bonds. The fourth-order valence-electron chi connectivity index (χ4n) is 9.68. The smallest absolute Gasteiger partial charge is 0.316 e. The lowest BCUT2D eigenvalue weighted by Crippen LogP contribution is -2.68. The first kappa shape index (κ1) is 40.4. The van der Waals surface area contributed by atoms with Crippen molar-refractivity contribution in [3.63, 3.8) is 0 Å². The maximum absolute atomic E-state index is 14.8. The summed E-state index contributed by atoms with van der Waals surface area (Å²) in [4.78, 5) is 44.4. The van der Waals surface area contributed by atoms with Gasteiger partial charge < -0.3 is 68.3 Å². The molecule has 5 aliphatic rings.